The van der Waals surface area contributed by atoms with Crippen molar-refractivity contribution in [3.8, 4) is 0 Å². The minimum absolute atomic E-state index is 0.0120. The van der Waals surface area contributed by atoms with Crippen molar-refractivity contribution in [2.24, 2.45) is 5.41 Å². The number of aromatic nitrogens is 3. The quantitative estimate of drug-likeness (QED) is 0.858. The number of amides is 2. The molecule has 2 aromatic heterocycles. The fourth-order valence-electron chi connectivity index (χ4n) is 4.24. The highest BCUT2D eigenvalue weighted by molar-refractivity contribution is 5.89. The third kappa shape index (κ3) is 3.39. The number of nitrogens with one attached hydrogen (secondary N) is 1. The molecule has 2 saturated heterocycles. The summed E-state index contributed by atoms with van der Waals surface area (Å²) >= 11 is 0. The minimum atomic E-state index is -0.109. The molecule has 0 bridgehead atoms. The Balaban J connectivity index is 1.58. The van der Waals surface area contributed by atoms with Gasteiger partial charge < -0.3 is 9.64 Å². The minimum Gasteiger partial charge on any atom is -0.381 e. The molecule has 1 atom stereocenters. The van der Waals surface area contributed by atoms with E-state index in [1.807, 2.05) is 34.8 Å². The number of urea groups is 1. The van der Waals surface area contributed by atoms with Gasteiger partial charge in [-0.15, -0.1) is 0 Å². The lowest BCUT2D eigenvalue weighted by Gasteiger charge is -2.58. The van der Waals surface area contributed by atoms with Crippen molar-refractivity contribution in [1.82, 2.24) is 19.7 Å². The predicted molar refractivity (Wildman–Crippen MR) is 107 cm³/mol. The molecule has 7 nitrogen and oxygen atoms in total. The number of anilines is 1. The van der Waals surface area contributed by atoms with E-state index < -0.39 is 0 Å². The van der Waals surface area contributed by atoms with E-state index in [0.717, 1.165) is 43.7 Å². The number of carbonyl (C=O) groups is 1. The van der Waals surface area contributed by atoms with Crippen molar-refractivity contribution in [3.63, 3.8) is 0 Å². The lowest BCUT2D eigenvalue weighted by molar-refractivity contribution is -0.109. The summed E-state index contributed by atoms with van der Waals surface area (Å²) < 4.78 is 7.57. The predicted octanol–water partition coefficient (Wildman–Crippen LogP) is 3.73. The van der Waals surface area contributed by atoms with Gasteiger partial charge in [0.15, 0.2) is 0 Å². The van der Waals surface area contributed by atoms with E-state index in [1.165, 1.54) is 0 Å². The summed E-state index contributed by atoms with van der Waals surface area (Å²) in [6.07, 6.45) is 7.69. The molecule has 2 amide bonds. The molecule has 0 aromatic carbocycles. The Hall–Kier alpha value is -2.41. The molecule has 150 valence electrons. The first-order valence-electron chi connectivity index (χ1n) is 9.92. The number of pyridine rings is 1. The van der Waals surface area contributed by atoms with Crippen molar-refractivity contribution in [2.45, 2.75) is 52.1 Å². The first kappa shape index (κ1) is 18.9. The van der Waals surface area contributed by atoms with Gasteiger partial charge in [-0.25, -0.2) is 9.78 Å². The van der Waals surface area contributed by atoms with E-state index in [9.17, 15) is 4.79 Å². The van der Waals surface area contributed by atoms with Crippen molar-refractivity contribution in [1.29, 1.82) is 0 Å². The zero-order chi connectivity index (χ0) is 19.9. The van der Waals surface area contributed by atoms with Crippen LogP contribution in [0.2, 0.25) is 0 Å². The number of hydrogen-bond acceptors (Lipinski definition) is 4. The van der Waals surface area contributed by atoms with Gasteiger partial charge in [-0.1, -0.05) is 6.07 Å². The number of nitrogens with zero attached hydrogens (tertiary/aromatic N) is 4. The van der Waals surface area contributed by atoms with Crippen molar-refractivity contribution in [2.75, 3.05) is 25.1 Å². The van der Waals surface area contributed by atoms with Crippen LogP contribution in [-0.4, -0.2) is 45.5 Å². The highest BCUT2D eigenvalue weighted by Crippen LogP contribution is 2.54. The van der Waals surface area contributed by atoms with Crippen LogP contribution in [0.3, 0.4) is 0 Å². The van der Waals surface area contributed by atoms with E-state index in [1.54, 1.807) is 6.20 Å². The number of hydrogen-bond donors (Lipinski definition) is 1. The van der Waals surface area contributed by atoms with Crippen molar-refractivity contribution >= 4 is 11.8 Å². The molecule has 28 heavy (non-hydrogen) atoms. The van der Waals surface area contributed by atoms with Gasteiger partial charge >= 0.3 is 6.03 Å². The van der Waals surface area contributed by atoms with Crippen LogP contribution in [0, 0.1) is 12.3 Å². The Labute approximate surface area is 166 Å². The maximum Gasteiger partial charge on any atom is 0.323 e. The monoisotopic (exact) mass is 383 g/mol. The molecule has 0 aliphatic carbocycles. The highest BCUT2D eigenvalue weighted by atomic mass is 16.5. The molecule has 2 aliphatic rings. The second-order valence-electron chi connectivity index (χ2n) is 9.05. The zero-order valence-electron chi connectivity index (χ0n) is 17.1. The maximum absolute atomic E-state index is 13.0. The average molecular weight is 383 g/mol. The summed E-state index contributed by atoms with van der Waals surface area (Å²) in [6.45, 7) is 10.6. The van der Waals surface area contributed by atoms with Crippen molar-refractivity contribution < 1.29 is 9.53 Å². The van der Waals surface area contributed by atoms with E-state index >= 15 is 0 Å². The van der Waals surface area contributed by atoms with Gasteiger partial charge in [0.05, 0.1) is 17.8 Å². The van der Waals surface area contributed by atoms with E-state index in [2.05, 4.69) is 42.4 Å². The molecular formula is C21H29N5O2. The summed E-state index contributed by atoms with van der Waals surface area (Å²) in [6, 6.07) is 3.69. The molecule has 1 spiro atoms. The van der Waals surface area contributed by atoms with Crippen molar-refractivity contribution in [3.05, 3.63) is 41.9 Å². The summed E-state index contributed by atoms with van der Waals surface area (Å²) in [5.41, 5.74) is 2.14. The molecule has 2 aromatic rings. The average Bonchev–Trinajstić information content (AvgIpc) is 3.12. The van der Waals surface area contributed by atoms with Crippen LogP contribution in [-0.2, 0) is 10.3 Å². The van der Waals surface area contributed by atoms with Crippen LogP contribution in [0.5, 0.6) is 0 Å². The molecule has 2 fully saturated rings. The second-order valence-corrected chi connectivity index (χ2v) is 9.05. The highest BCUT2D eigenvalue weighted by Gasteiger charge is 2.56. The first-order chi connectivity index (χ1) is 13.3. The van der Waals surface area contributed by atoms with Gasteiger partial charge in [0.25, 0.3) is 0 Å². The lowest BCUT2D eigenvalue weighted by Crippen LogP contribution is -2.63. The molecule has 4 rings (SSSR count). The third-order valence-electron chi connectivity index (χ3n) is 5.88. The summed E-state index contributed by atoms with van der Waals surface area (Å²) in [5.74, 6) is 0.577. The second kappa shape index (κ2) is 6.88. The Kier molecular flexibility index (Phi) is 4.65. The van der Waals surface area contributed by atoms with E-state index in [4.69, 9.17) is 4.74 Å². The molecule has 1 unspecified atom stereocenters. The summed E-state index contributed by atoms with van der Waals surface area (Å²) in [4.78, 5) is 19.2. The Morgan fingerprint density at radius 1 is 1.25 bits per heavy atom. The SMILES string of the molecule is Cc1ccc(NC(=O)N2CC3(CCOCC3)C2c2cnn(C(C)(C)C)c2)nc1. The largest absolute Gasteiger partial charge is 0.381 e. The lowest BCUT2D eigenvalue weighted by atomic mass is 9.64. The van der Waals surface area contributed by atoms with Crippen LogP contribution in [0.1, 0.15) is 50.8 Å². The molecular weight excluding hydrogens is 354 g/mol. The standard InChI is InChI=1S/C21H29N5O2/c1-15-5-6-17(22-11-15)24-19(27)25-14-21(7-9-28-10-8-21)18(25)16-12-23-26(13-16)20(2,3)4/h5-6,11-13,18H,7-10,14H2,1-4H3,(H,22,24,27). The van der Waals surface area contributed by atoms with Crippen LogP contribution in [0.15, 0.2) is 30.7 Å². The van der Waals surface area contributed by atoms with Gasteiger partial charge in [-0.2, -0.15) is 5.10 Å². The molecule has 7 heteroatoms. The maximum atomic E-state index is 13.0. The first-order valence-corrected chi connectivity index (χ1v) is 9.92. The van der Waals surface area contributed by atoms with Gasteiger partial charge in [0.1, 0.15) is 5.82 Å². The molecule has 0 radical (unpaired) electrons. The van der Waals surface area contributed by atoms with E-state index in [-0.39, 0.29) is 23.0 Å². The van der Waals surface area contributed by atoms with Crippen LogP contribution in [0.25, 0.3) is 0 Å². The Morgan fingerprint density at radius 3 is 2.61 bits per heavy atom. The topological polar surface area (TPSA) is 72.3 Å². The molecule has 0 saturated carbocycles. The fourth-order valence-corrected chi connectivity index (χ4v) is 4.24. The van der Waals surface area contributed by atoms with Gasteiger partial charge in [-0.3, -0.25) is 10.00 Å². The number of carbonyl (C=O) groups excluding carboxylic acids is 1. The third-order valence-corrected chi connectivity index (χ3v) is 5.88. The Morgan fingerprint density at radius 2 is 2.00 bits per heavy atom. The van der Waals surface area contributed by atoms with Crippen LogP contribution < -0.4 is 5.32 Å². The molecule has 4 heterocycles. The normalized spacial score (nSPS) is 21.4. The van der Waals surface area contributed by atoms with E-state index in [0.29, 0.717) is 5.82 Å². The number of likely N-dealkylation sites (tertiary alicyclic amines) is 1. The van der Waals surface area contributed by atoms with Crippen LogP contribution in [0.4, 0.5) is 10.6 Å². The summed E-state index contributed by atoms with van der Waals surface area (Å²) in [5, 5.41) is 7.52. The van der Waals surface area contributed by atoms with Crippen LogP contribution >= 0.6 is 0 Å². The fraction of sp³-hybridized carbons (Fsp3) is 0.571. The Bertz CT molecular complexity index is 846. The number of ether oxygens (including phenoxy) is 1. The van der Waals surface area contributed by atoms with Gasteiger partial charge in [0, 0.05) is 43.1 Å². The number of rotatable bonds is 2. The summed E-state index contributed by atoms with van der Waals surface area (Å²) in [7, 11) is 0. The number of aryl methyl sites for hydroxylation is 1. The van der Waals surface area contributed by atoms with Gasteiger partial charge in [0.2, 0.25) is 0 Å². The molecule has 1 N–H and O–H groups in total. The smallest absolute Gasteiger partial charge is 0.323 e. The van der Waals surface area contributed by atoms with Gasteiger partial charge in [-0.05, 0) is 52.2 Å². The molecule has 2 aliphatic heterocycles. The zero-order valence-corrected chi connectivity index (χ0v) is 17.1.